The zero-order chi connectivity index (χ0) is 23.3. The lowest BCUT2D eigenvalue weighted by molar-refractivity contribution is -0.113. The topological polar surface area (TPSA) is 129 Å². The molecule has 0 atom stereocenters. The first kappa shape index (κ1) is 23.5. The number of thioether (sulfide) groups is 1. The smallest absolute Gasteiger partial charge is 0.337 e. The fraction of sp³-hybridized carbons (Fsp3) is 0.429. The zero-order valence-corrected chi connectivity index (χ0v) is 19.2. The van der Waals surface area contributed by atoms with Crippen LogP contribution in [-0.4, -0.2) is 44.5 Å². The second-order valence-electron chi connectivity index (χ2n) is 7.37. The molecule has 0 radical (unpaired) electrons. The molecule has 0 bridgehead atoms. The first-order valence-corrected chi connectivity index (χ1v) is 11.2. The number of fused-ring (bicyclic) bond motifs is 1. The summed E-state index contributed by atoms with van der Waals surface area (Å²) in [6.45, 7) is 6.31. The summed E-state index contributed by atoms with van der Waals surface area (Å²) in [7, 11) is 1.29. The number of carbonyl (C=O) groups is 2. The molecular weight excluding hydrogens is 434 g/mol. The quantitative estimate of drug-likeness (QED) is 0.291. The van der Waals surface area contributed by atoms with Gasteiger partial charge in [-0.1, -0.05) is 44.1 Å². The summed E-state index contributed by atoms with van der Waals surface area (Å²) in [5.41, 5.74) is 0.442. The maximum Gasteiger partial charge on any atom is 0.337 e. The highest BCUT2D eigenvalue weighted by Gasteiger charge is 2.17. The molecule has 0 aliphatic heterocycles. The second-order valence-corrected chi connectivity index (χ2v) is 8.31. The number of rotatable bonds is 9. The van der Waals surface area contributed by atoms with Gasteiger partial charge in [-0.05, 0) is 24.6 Å². The highest BCUT2D eigenvalue weighted by atomic mass is 32.2. The summed E-state index contributed by atoms with van der Waals surface area (Å²) < 4.78 is 11.7. The number of hydrogen-bond donors (Lipinski definition) is 1. The van der Waals surface area contributed by atoms with Gasteiger partial charge in [-0.3, -0.25) is 19.5 Å². The van der Waals surface area contributed by atoms with Gasteiger partial charge in [0.05, 0.1) is 29.3 Å². The van der Waals surface area contributed by atoms with Crippen molar-refractivity contribution in [1.82, 2.24) is 19.7 Å². The number of benzene rings is 1. The normalized spacial score (nSPS) is 11.2. The number of anilines is 1. The van der Waals surface area contributed by atoms with E-state index in [2.05, 4.69) is 20.5 Å². The van der Waals surface area contributed by atoms with Crippen LogP contribution in [0.15, 0.2) is 32.6 Å². The van der Waals surface area contributed by atoms with Crippen LogP contribution in [0.1, 0.15) is 55.8 Å². The van der Waals surface area contributed by atoms with Crippen molar-refractivity contribution < 1.29 is 18.7 Å². The van der Waals surface area contributed by atoms with E-state index in [1.807, 2.05) is 20.8 Å². The van der Waals surface area contributed by atoms with Gasteiger partial charge < -0.3 is 9.15 Å². The largest absolute Gasteiger partial charge is 0.465 e. The lowest BCUT2D eigenvalue weighted by atomic mass is 10.1. The van der Waals surface area contributed by atoms with Crippen molar-refractivity contribution in [2.45, 2.75) is 51.2 Å². The summed E-state index contributed by atoms with van der Waals surface area (Å²) >= 11 is 1.12. The molecule has 3 rings (SSSR count). The predicted octanol–water partition coefficient (Wildman–Crippen LogP) is 3.22. The van der Waals surface area contributed by atoms with Crippen LogP contribution in [-0.2, 0) is 16.1 Å². The number of nitrogens with one attached hydrogen (secondary N) is 1. The molecule has 1 amide bonds. The molecule has 170 valence electrons. The minimum Gasteiger partial charge on any atom is -0.465 e. The first-order valence-electron chi connectivity index (χ1n) is 10.2. The summed E-state index contributed by atoms with van der Waals surface area (Å²) in [4.78, 5) is 41.9. The number of hydrogen-bond acceptors (Lipinski definition) is 9. The minimum absolute atomic E-state index is 0.0137. The lowest BCUT2D eigenvalue weighted by Crippen LogP contribution is -2.24. The van der Waals surface area contributed by atoms with Crippen LogP contribution in [0.4, 0.5) is 6.01 Å². The zero-order valence-electron chi connectivity index (χ0n) is 18.4. The van der Waals surface area contributed by atoms with Crippen LogP contribution < -0.4 is 10.9 Å². The van der Waals surface area contributed by atoms with Crippen molar-refractivity contribution >= 4 is 40.6 Å². The van der Waals surface area contributed by atoms with E-state index in [0.717, 1.165) is 24.6 Å². The third-order valence-corrected chi connectivity index (χ3v) is 5.57. The van der Waals surface area contributed by atoms with E-state index in [-0.39, 0.29) is 29.2 Å². The Morgan fingerprint density at radius 2 is 2.06 bits per heavy atom. The molecule has 0 saturated carbocycles. The van der Waals surface area contributed by atoms with Gasteiger partial charge in [0.15, 0.2) is 5.16 Å². The van der Waals surface area contributed by atoms with Crippen molar-refractivity contribution in [3.8, 4) is 0 Å². The SMILES string of the molecule is CCCCn1c(SCC(=O)Nc2nnc(C(C)C)o2)nc2cc(C(=O)OC)ccc2c1=O. The number of unbranched alkanes of at least 4 members (excludes halogenated alkanes) is 1. The summed E-state index contributed by atoms with van der Waals surface area (Å²) in [6, 6.07) is 4.65. The Balaban J connectivity index is 1.85. The molecular formula is C21H25N5O5S. The van der Waals surface area contributed by atoms with E-state index < -0.39 is 5.97 Å². The Hall–Kier alpha value is -3.21. The number of carbonyl (C=O) groups excluding carboxylic acids is 2. The fourth-order valence-corrected chi connectivity index (χ4v) is 3.70. The molecule has 2 heterocycles. The molecule has 0 saturated heterocycles. The number of esters is 1. The van der Waals surface area contributed by atoms with Crippen LogP contribution >= 0.6 is 11.8 Å². The molecule has 3 aromatic rings. The van der Waals surface area contributed by atoms with Gasteiger partial charge in [0.2, 0.25) is 11.8 Å². The van der Waals surface area contributed by atoms with Crippen LogP contribution in [0, 0.1) is 0 Å². The average molecular weight is 460 g/mol. The van der Waals surface area contributed by atoms with Crippen LogP contribution in [0.25, 0.3) is 10.9 Å². The predicted molar refractivity (Wildman–Crippen MR) is 120 cm³/mol. The molecule has 1 aromatic carbocycles. The van der Waals surface area contributed by atoms with Gasteiger partial charge in [0, 0.05) is 12.5 Å². The number of amides is 1. The van der Waals surface area contributed by atoms with E-state index in [1.54, 1.807) is 10.6 Å². The number of aromatic nitrogens is 4. The van der Waals surface area contributed by atoms with Crippen molar-refractivity contribution in [3.05, 3.63) is 40.0 Å². The molecule has 2 aromatic heterocycles. The van der Waals surface area contributed by atoms with Gasteiger partial charge in [0.1, 0.15) is 0 Å². The highest BCUT2D eigenvalue weighted by Crippen LogP contribution is 2.21. The van der Waals surface area contributed by atoms with Crippen LogP contribution in [0.3, 0.4) is 0 Å². The molecule has 1 N–H and O–H groups in total. The first-order chi connectivity index (χ1) is 15.3. The number of nitrogens with zero attached hydrogens (tertiary/aromatic N) is 4. The van der Waals surface area contributed by atoms with Gasteiger partial charge in [-0.25, -0.2) is 9.78 Å². The summed E-state index contributed by atoms with van der Waals surface area (Å²) in [5.74, 6) is -0.419. The van der Waals surface area contributed by atoms with Crippen molar-refractivity contribution in [1.29, 1.82) is 0 Å². The van der Waals surface area contributed by atoms with Gasteiger partial charge in [-0.15, -0.1) is 5.10 Å². The second kappa shape index (κ2) is 10.4. The Morgan fingerprint density at radius 3 is 2.72 bits per heavy atom. The Labute approximate surface area is 188 Å². The fourth-order valence-electron chi connectivity index (χ4n) is 2.87. The molecule has 0 fully saturated rings. The number of ether oxygens (including phenoxy) is 1. The maximum absolute atomic E-state index is 13.1. The summed E-state index contributed by atoms with van der Waals surface area (Å²) in [5, 5.41) is 11.0. The molecule has 0 unspecified atom stereocenters. The van der Waals surface area contributed by atoms with Crippen LogP contribution in [0.2, 0.25) is 0 Å². The third kappa shape index (κ3) is 5.34. The van der Waals surface area contributed by atoms with E-state index in [4.69, 9.17) is 9.15 Å². The monoisotopic (exact) mass is 459 g/mol. The van der Waals surface area contributed by atoms with Crippen molar-refractivity contribution in [3.63, 3.8) is 0 Å². The standard InChI is InChI=1S/C21H25N5O5S/c1-5-6-9-26-18(28)14-8-7-13(19(29)30-4)10-15(14)22-21(26)32-11-16(27)23-20-25-24-17(31-20)12(2)3/h7-8,10,12H,5-6,9,11H2,1-4H3,(H,23,25,27). The van der Waals surface area contributed by atoms with E-state index in [0.29, 0.717) is 34.1 Å². The Bertz CT molecular complexity index is 1190. The van der Waals surface area contributed by atoms with Gasteiger partial charge in [-0.2, -0.15) is 0 Å². The maximum atomic E-state index is 13.1. The summed E-state index contributed by atoms with van der Waals surface area (Å²) in [6.07, 6.45) is 1.68. The van der Waals surface area contributed by atoms with Crippen LogP contribution in [0.5, 0.6) is 0 Å². The third-order valence-electron chi connectivity index (χ3n) is 4.59. The van der Waals surface area contributed by atoms with Gasteiger partial charge in [0.25, 0.3) is 5.56 Å². The molecule has 10 nitrogen and oxygen atoms in total. The van der Waals surface area contributed by atoms with E-state index in [9.17, 15) is 14.4 Å². The Morgan fingerprint density at radius 1 is 1.28 bits per heavy atom. The molecule has 0 aliphatic carbocycles. The molecule has 32 heavy (non-hydrogen) atoms. The number of methoxy groups -OCH3 is 1. The van der Waals surface area contributed by atoms with E-state index in [1.165, 1.54) is 19.2 Å². The highest BCUT2D eigenvalue weighted by molar-refractivity contribution is 7.99. The Kier molecular flexibility index (Phi) is 7.62. The molecule has 0 spiro atoms. The van der Waals surface area contributed by atoms with Gasteiger partial charge >= 0.3 is 12.0 Å². The van der Waals surface area contributed by atoms with E-state index >= 15 is 0 Å². The van der Waals surface area contributed by atoms with Crippen molar-refractivity contribution in [2.24, 2.45) is 0 Å². The van der Waals surface area contributed by atoms with Crippen molar-refractivity contribution in [2.75, 3.05) is 18.2 Å². The molecule has 11 heteroatoms. The molecule has 0 aliphatic rings. The average Bonchev–Trinajstić information content (AvgIpc) is 3.25. The minimum atomic E-state index is -0.516. The lowest BCUT2D eigenvalue weighted by Gasteiger charge is -2.13.